The molecule has 9 heteroatoms. The van der Waals surface area contributed by atoms with E-state index in [0.29, 0.717) is 39.6 Å². The van der Waals surface area contributed by atoms with Gasteiger partial charge in [-0.25, -0.2) is 0 Å². The number of hydrogen-bond acceptors (Lipinski definition) is 8. The fourth-order valence-electron chi connectivity index (χ4n) is 1.90. The third-order valence-corrected chi connectivity index (χ3v) is 3.30. The number of carboxylic acids is 1. The van der Waals surface area contributed by atoms with Gasteiger partial charge in [-0.3, -0.25) is 4.79 Å². The van der Waals surface area contributed by atoms with E-state index in [4.69, 9.17) is 28.8 Å². The maximum Gasteiger partial charge on any atom is 0.305 e. The van der Waals surface area contributed by atoms with Gasteiger partial charge in [0.2, 0.25) is 0 Å². The standard InChI is InChI=1S/C10H20O6.C8H16N2O/c1-13-4-5-15-8-9-16-7-6-14-3-2-10(11)12;1-3-11-7-6-10-5-4-9(2)8-10/h2-9H2,1H3,(H,11,12);4-5H,3,6-8H2,1-2H3. The van der Waals surface area contributed by atoms with Crippen molar-refractivity contribution in [2.45, 2.75) is 13.3 Å². The van der Waals surface area contributed by atoms with Crippen molar-refractivity contribution in [2.24, 2.45) is 0 Å². The Morgan fingerprint density at radius 2 is 1.52 bits per heavy atom. The van der Waals surface area contributed by atoms with Crippen LogP contribution in [-0.2, 0) is 28.5 Å². The van der Waals surface area contributed by atoms with Gasteiger partial charge in [0, 0.05) is 39.7 Å². The highest BCUT2D eigenvalue weighted by molar-refractivity contribution is 5.66. The summed E-state index contributed by atoms with van der Waals surface area (Å²) in [5.74, 6) is -0.854. The van der Waals surface area contributed by atoms with Crippen LogP contribution in [0.4, 0.5) is 0 Å². The lowest BCUT2D eigenvalue weighted by atomic mass is 10.5. The van der Waals surface area contributed by atoms with Gasteiger partial charge in [-0.15, -0.1) is 0 Å². The van der Waals surface area contributed by atoms with Crippen LogP contribution >= 0.6 is 0 Å². The molecule has 0 bridgehead atoms. The number of ether oxygens (including phenoxy) is 5. The van der Waals surface area contributed by atoms with Crippen LogP contribution in [0.2, 0.25) is 0 Å². The van der Waals surface area contributed by atoms with Crippen molar-refractivity contribution in [3.8, 4) is 0 Å². The van der Waals surface area contributed by atoms with Crippen LogP contribution in [0.1, 0.15) is 13.3 Å². The summed E-state index contributed by atoms with van der Waals surface area (Å²) in [6, 6.07) is 0. The Balaban J connectivity index is 0.000000533. The SMILES string of the molecule is CCOCCN1C=CN(C)C1.COCCOCCOCCOCCC(=O)O. The molecule has 9 nitrogen and oxygen atoms in total. The fraction of sp³-hybridized carbons (Fsp3) is 0.833. The predicted molar refractivity (Wildman–Crippen MR) is 102 cm³/mol. The highest BCUT2D eigenvalue weighted by atomic mass is 16.6. The lowest BCUT2D eigenvalue weighted by molar-refractivity contribution is -0.138. The van der Waals surface area contributed by atoms with Gasteiger partial charge in [0.15, 0.2) is 0 Å². The van der Waals surface area contributed by atoms with Crippen molar-refractivity contribution >= 4 is 5.97 Å². The summed E-state index contributed by atoms with van der Waals surface area (Å²) >= 11 is 0. The molecule has 0 aromatic heterocycles. The molecule has 0 radical (unpaired) electrons. The van der Waals surface area contributed by atoms with Gasteiger partial charge in [-0.05, 0) is 6.92 Å². The third kappa shape index (κ3) is 19.2. The van der Waals surface area contributed by atoms with Crippen LogP contribution < -0.4 is 0 Å². The Kier molecular flexibility index (Phi) is 18.4. The van der Waals surface area contributed by atoms with Gasteiger partial charge in [0.05, 0.1) is 65.9 Å². The molecule has 27 heavy (non-hydrogen) atoms. The van der Waals surface area contributed by atoms with Crippen molar-refractivity contribution in [2.75, 3.05) is 86.8 Å². The van der Waals surface area contributed by atoms with Crippen LogP contribution in [0.25, 0.3) is 0 Å². The van der Waals surface area contributed by atoms with E-state index in [-0.39, 0.29) is 13.0 Å². The fourth-order valence-corrected chi connectivity index (χ4v) is 1.90. The summed E-state index contributed by atoms with van der Waals surface area (Å²) < 4.78 is 25.4. The van der Waals surface area contributed by atoms with Crippen LogP contribution in [0.3, 0.4) is 0 Å². The molecule has 0 aromatic rings. The molecule has 0 aromatic carbocycles. The van der Waals surface area contributed by atoms with Crippen molar-refractivity contribution in [1.82, 2.24) is 9.80 Å². The van der Waals surface area contributed by atoms with E-state index >= 15 is 0 Å². The second kappa shape index (κ2) is 19.4. The van der Waals surface area contributed by atoms with Crippen LogP contribution in [0.15, 0.2) is 12.4 Å². The molecule has 1 N–H and O–H groups in total. The number of rotatable bonds is 16. The normalized spacial score (nSPS) is 13.0. The van der Waals surface area contributed by atoms with Crippen molar-refractivity contribution in [3.63, 3.8) is 0 Å². The Hall–Kier alpha value is -1.39. The number of carbonyl (C=O) groups is 1. The Morgan fingerprint density at radius 3 is 2.00 bits per heavy atom. The molecule has 0 saturated heterocycles. The monoisotopic (exact) mass is 392 g/mol. The molecular formula is C18H36N2O7. The lowest BCUT2D eigenvalue weighted by Crippen LogP contribution is -2.25. The predicted octanol–water partition coefficient (Wildman–Crippen LogP) is 0.856. The average molecular weight is 392 g/mol. The first kappa shape index (κ1) is 25.6. The first-order valence-electron chi connectivity index (χ1n) is 9.24. The van der Waals surface area contributed by atoms with Crippen LogP contribution in [-0.4, -0.2) is 108 Å². The first-order chi connectivity index (χ1) is 13.1. The second-order valence-electron chi connectivity index (χ2n) is 5.68. The van der Waals surface area contributed by atoms with E-state index in [1.807, 2.05) is 6.92 Å². The molecule has 1 rings (SSSR count). The van der Waals surface area contributed by atoms with Crippen molar-refractivity contribution in [1.29, 1.82) is 0 Å². The summed E-state index contributed by atoms with van der Waals surface area (Å²) in [6.45, 7) is 8.91. The molecule has 1 aliphatic heterocycles. The van der Waals surface area contributed by atoms with E-state index in [1.165, 1.54) is 0 Å². The Bertz CT molecular complexity index is 370. The molecule has 160 valence electrons. The number of nitrogens with zero attached hydrogens (tertiary/aromatic N) is 2. The number of methoxy groups -OCH3 is 1. The summed E-state index contributed by atoms with van der Waals surface area (Å²) in [5, 5.41) is 8.32. The smallest absolute Gasteiger partial charge is 0.305 e. The molecule has 0 fully saturated rings. The Morgan fingerprint density at radius 1 is 0.926 bits per heavy atom. The molecule has 0 saturated carbocycles. The zero-order chi connectivity index (χ0) is 20.2. The molecule has 1 heterocycles. The van der Waals surface area contributed by atoms with Gasteiger partial charge in [0.1, 0.15) is 0 Å². The summed E-state index contributed by atoms with van der Waals surface area (Å²) in [7, 11) is 3.69. The van der Waals surface area contributed by atoms with Gasteiger partial charge < -0.3 is 38.6 Å². The quantitative estimate of drug-likeness (QED) is 0.384. The maximum absolute atomic E-state index is 10.1. The minimum atomic E-state index is -0.854. The first-order valence-corrected chi connectivity index (χ1v) is 9.24. The average Bonchev–Trinajstić information content (AvgIpc) is 3.05. The van der Waals surface area contributed by atoms with E-state index in [1.54, 1.807) is 7.11 Å². The van der Waals surface area contributed by atoms with E-state index < -0.39 is 5.97 Å². The maximum atomic E-state index is 10.1. The zero-order valence-electron chi connectivity index (χ0n) is 16.9. The highest BCUT2D eigenvalue weighted by Crippen LogP contribution is 2.02. The van der Waals surface area contributed by atoms with Gasteiger partial charge in [-0.2, -0.15) is 0 Å². The molecule has 0 unspecified atom stereocenters. The largest absolute Gasteiger partial charge is 0.481 e. The molecule has 1 aliphatic rings. The minimum absolute atomic E-state index is 0.0279. The molecule has 0 amide bonds. The van der Waals surface area contributed by atoms with E-state index in [9.17, 15) is 4.79 Å². The molecule has 0 atom stereocenters. The van der Waals surface area contributed by atoms with Gasteiger partial charge in [0.25, 0.3) is 0 Å². The number of hydrogen-bond donors (Lipinski definition) is 1. The summed E-state index contributed by atoms with van der Waals surface area (Å²) in [4.78, 5) is 14.5. The number of aliphatic carboxylic acids is 1. The van der Waals surface area contributed by atoms with Crippen LogP contribution in [0, 0.1) is 0 Å². The highest BCUT2D eigenvalue weighted by Gasteiger charge is 2.06. The molecular weight excluding hydrogens is 356 g/mol. The third-order valence-electron chi connectivity index (χ3n) is 3.30. The van der Waals surface area contributed by atoms with E-state index in [2.05, 4.69) is 29.2 Å². The second-order valence-corrected chi connectivity index (χ2v) is 5.68. The minimum Gasteiger partial charge on any atom is -0.481 e. The molecule has 0 spiro atoms. The lowest BCUT2D eigenvalue weighted by Gasteiger charge is -2.17. The zero-order valence-corrected chi connectivity index (χ0v) is 16.9. The van der Waals surface area contributed by atoms with Gasteiger partial charge >= 0.3 is 5.97 Å². The van der Waals surface area contributed by atoms with Crippen LogP contribution in [0.5, 0.6) is 0 Å². The molecule has 0 aliphatic carbocycles. The van der Waals surface area contributed by atoms with Crippen molar-refractivity contribution in [3.05, 3.63) is 12.4 Å². The summed E-state index contributed by atoms with van der Waals surface area (Å²) in [5.41, 5.74) is 0. The topological polar surface area (TPSA) is 89.9 Å². The van der Waals surface area contributed by atoms with Crippen molar-refractivity contribution < 1.29 is 33.6 Å². The summed E-state index contributed by atoms with van der Waals surface area (Å²) in [6.07, 6.45) is 4.20. The number of carboxylic acid groups (broad SMARTS) is 1. The Labute approximate surface area is 162 Å². The van der Waals surface area contributed by atoms with E-state index in [0.717, 1.165) is 26.4 Å². The van der Waals surface area contributed by atoms with Gasteiger partial charge in [-0.1, -0.05) is 0 Å².